The number of anilines is 1. The van der Waals surface area contributed by atoms with Crippen molar-refractivity contribution in [2.45, 2.75) is 19.8 Å². The van der Waals surface area contributed by atoms with Gasteiger partial charge in [-0.1, -0.05) is 29.8 Å². The summed E-state index contributed by atoms with van der Waals surface area (Å²) in [6, 6.07) is 14.0. The number of carbonyl (C=O) groups is 1. The maximum atomic E-state index is 12.7. The molecule has 0 aliphatic carbocycles. The van der Waals surface area contributed by atoms with Crippen molar-refractivity contribution in [3.05, 3.63) is 69.3 Å². The summed E-state index contributed by atoms with van der Waals surface area (Å²) in [6.45, 7) is 3.28. The number of carbonyl (C=O) groups excluding carboxylic acids is 1. The summed E-state index contributed by atoms with van der Waals surface area (Å²) < 4.78 is 0. The van der Waals surface area contributed by atoms with Crippen molar-refractivity contribution >= 4 is 17.2 Å². The molecular weight excluding hydrogens is 330 g/mol. The molecule has 0 amide bonds. The smallest absolute Gasteiger partial charge is 0.270 e. The quantitative estimate of drug-likeness (QED) is 0.475. The zero-order valence-corrected chi connectivity index (χ0v) is 14.5. The van der Waals surface area contributed by atoms with Gasteiger partial charge in [-0.15, -0.1) is 0 Å². The van der Waals surface area contributed by atoms with Crippen molar-refractivity contribution < 1.29 is 9.72 Å². The molecule has 3 rings (SSSR count). The van der Waals surface area contributed by atoms with Crippen molar-refractivity contribution in [2.24, 2.45) is 5.92 Å². The predicted octanol–water partition coefficient (Wildman–Crippen LogP) is 3.87. The van der Waals surface area contributed by atoms with Crippen molar-refractivity contribution in [3.8, 4) is 6.07 Å². The van der Waals surface area contributed by atoms with E-state index in [9.17, 15) is 20.2 Å². The summed E-state index contributed by atoms with van der Waals surface area (Å²) >= 11 is 0. The normalized spacial score (nSPS) is 14.7. The zero-order valence-electron chi connectivity index (χ0n) is 14.5. The third kappa shape index (κ3) is 3.57. The number of ketones is 1. The van der Waals surface area contributed by atoms with Crippen LogP contribution in [0.1, 0.15) is 34.3 Å². The van der Waals surface area contributed by atoms with Crippen molar-refractivity contribution in [1.29, 1.82) is 5.26 Å². The van der Waals surface area contributed by atoms with E-state index in [1.165, 1.54) is 12.1 Å². The molecule has 132 valence electrons. The average Bonchev–Trinajstić information content (AvgIpc) is 2.67. The first kappa shape index (κ1) is 17.6. The summed E-state index contributed by atoms with van der Waals surface area (Å²) in [5.41, 5.74) is 2.76. The van der Waals surface area contributed by atoms with E-state index in [4.69, 9.17) is 0 Å². The highest BCUT2D eigenvalue weighted by Crippen LogP contribution is 2.30. The Bertz CT molecular complexity index is 876. The molecule has 0 unspecified atom stereocenters. The first-order valence-electron chi connectivity index (χ1n) is 8.54. The van der Waals surface area contributed by atoms with Gasteiger partial charge in [-0.2, -0.15) is 5.26 Å². The monoisotopic (exact) mass is 349 g/mol. The molecule has 0 radical (unpaired) electrons. The molecule has 2 aromatic rings. The van der Waals surface area contributed by atoms with Crippen LogP contribution in [0.2, 0.25) is 0 Å². The van der Waals surface area contributed by atoms with Crippen molar-refractivity contribution in [3.63, 3.8) is 0 Å². The molecule has 1 aliphatic heterocycles. The van der Waals surface area contributed by atoms with Gasteiger partial charge in [0.1, 0.15) is 6.07 Å². The highest BCUT2D eigenvalue weighted by molar-refractivity contribution is 5.98. The molecule has 1 heterocycles. The number of benzene rings is 2. The number of nitro groups is 1. The van der Waals surface area contributed by atoms with Crippen LogP contribution in [0.3, 0.4) is 0 Å². The Morgan fingerprint density at radius 2 is 1.85 bits per heavy atom. The predicted molar refractivity (Wildman–Crippen MR) is 98.3 cm³/mol. The number of aryl methyl sites for hydroxylation is 1. The minimum atomic E-state index is -0.503. The van der Waals surface area contributed by atoms with E-state index >= 15 is 0 Å². The van der Waals surface area contributed by atoms with Crippen molar-refractivity contribution in [1.82, 2.24) is 0 Å². The Balaban J connectivity index is 1.70. The van der Waals surface area contributed by atoms with Crippen LogP contribution in [0.4, 0.5) is 11.4 Å². The summed E-state index contributed by atoms with van der Waals surface area (Å²) in [5, 5.41) is 20.2. The van der Waals surface area contributed by atoms with E-state index in [1.54, 1.807) is 6.07 Å². The maximum Gasteiger partial charge on any atom is 0.270 e. The zero-order chi connectivity index (χ0) is 18.7. The number of hydrogen-bond donors (Lipinski definition) is 0. The number of nitro benzene ring substituents is 1. The second-order valence-electron chi connectivity index (χ2n) is 6.56. The van der Waals surface area contributed by atoms with Crippen LogP contribution in [0, 0.1) is 34.3 Å². The topological polar surface area (TPSA) is 87.2 Å². The molecule has 0 spiro atoms. The van der Waals surface area contributed by atoms with Gasteiger partial charge in [0, 0.05) is 36.7 Å². The Morgan fingerprint density at radius 1 is 1.19 bits per heavy atom. The highest BCUT2D eigenvalue weighted by Gasteiger charge is 2.27. The minimum absolute atomic E-state index is 0.0301. The van der Waals surface area contributed by atoms with E-state index in [-0.39, 0.29) is 17.4 Å². The summed E-state index contributed by atoms with van der Waals surface area (Å²) in [6.07, 6.45) is 1.41. The standard InChI is InChI=1S/C20H19N3O3/c1-14-2-4-15(5-3-14)20(24)16-8-10-22(11-9-16)19-7-6-18(23(25)26)12-17(19)13-21/h2-7,12,16H,8-11H2,1H3. The Kier molecular flexibility index (Phi) is 4.99. The van der Waals surface area contributed by atoms with E-state index in [2.05, 4.69) is 0 Å². The van der Waals surface area contributed by atoms with Gasteiger partial charge >= 0.3 is 0 Å². The van der Waals surface area contributed by atoms with Crippen LogP contribution < -0.4 is 4.90 Å². The SMILES string of the molecule is Cc1ccc(C(=O)C2CCN(c3ccc([N+](=O)[O-])cc3C#N)CC2)cc1. The average molecular weight is 349 g/mol. The molecule has 1 aliphatic rings. The van der Waals surface area contributed by atoms with E-state index in [0.29, 0.717) is 37.2 Å². The minimum Gasteiger partial charge on any atom is -0.370 e. The van der Waals surface area contributed by atoms with Gasteiger partial charge in [0.2, 0.25) is 0 Å². The third-order valence-electron chi connectivity index (χ3n) is 4.85. The molecule has 1 fully saturated rings. The lowest BCUT2D eigenvalue weighted by atomic mass is 9.88. The van der Waals surface area contributed by atoms with Crippen LogP contribution >= 0.6 is 0 Å². The number of nitriles is 1. The molecule has 1 saturated heterocycles. The Labute approximate surface area is 151 Å². The van der Waals surface area contributed by atoms with Gasteiger partial charge in [-0.25, -0.2) is 0 Å². The van der Waals surface area contributed by atoms with E-state index < -0.39 is 4.92 Å². The van der Waals surface area contributed by atoms with E-state index in [1.807, 2.05) is 42.2 Å². The van der Waals surface area contributed by atoms with E-state index in [0.717, 1.165) is 11.1 Å². The molecule has 0 saturated carbocycles. The van der Waals surface area contributed by atoms with Gasteiger partial charge in [0.05, 0.1) is 16.2 Å². The van der Waals surface area contributed by atoms with Crippen LogP contribution in [0.15, 0.2) is 42.5 Å². The first-order chi connectivity index (χ1) is 12.5. The highest BCUT2D eigenvalue weighted by atomic mass is 16.6. The van der Waals surface area contributed by atoms with Crippen LogP contribution in [-0.4, -0.2) is 23.8 Å². The number of piperidine rings is 1. The fourth-order valence-corrected chi connectivity index (χ4v) is 3.34. The third-order valence-corrected chi connectivity index (χ3v) is 4.85. The maximum absolute atomic E-state index is 12.7. The second-order valence-corrected chi connectivity index (χ2v) is 6.56. The molecule has 26 heavy (non-hydrogen) atoms. The lowest BCUT2D eigenvalue weighted by Gasteiger charge is -2.33. The molecular formula is C20H19N3O3. The number of non-ortho nitro benzene ring substituents is 1. The lowest BCUT2D eigenvalue weighted by Crippen LogP contribution is -2.36. The van der Waals surface area contributed by atoms with Gasteiger partial charge < -0.3 is 4.90 Å². The molecule has 0 N–H and O–H groups in total. The lowest BCUT2D eigenvalue weighted by molar-refractivity contribution is -0.384. The fraction of sp³-hybridized carbons (Fsp3) is 0.300. The van der Waals surface area contributed by atoms with Crippen molar-refractivity contribution in [2.75, 3.05) is 18.0 Å². The largest absolute Gasteiger partial charge is 0.370 e. The van der Waals surface area contributed by atoms with Gasteiger partial charge in [0.15, 0.2) is 5.78 Å². The summed E-state index contributed by atoms with van der Waals surface area (Å²) in [4.78, 5) is 25.1. The van der Waals surface area contributed by atoms with Gasteiger partial charge in [0.25, 0.3) is 5.69 Å². The Hall–Kier alpha value is -3.20. The molecule has 0 atom stereocenters. The summed E-state index contributed by atoms with van der Waals surface area (Å²) in [5.74, 6) is 0.131. The Morgan fingerprint density at radius 3 is 2.42 bits per heavy atom. The second kappa shape index (κ2) is 7.36. The van der Waals surface area contributed by atoms with Crippen LogP contribution in [0.25, 0.3) is 0 Å². The first-order valence-corrected chi connectivity index (χ1v) is 8.54. The molecule has 0 bridgehead atoms. The number of Topliss-reactive ketones (excluding diaryl/α,β-unsaturated/α-hetero) is 1. The molecule has 6 nitrogen and oxygen atoms in total. The number of nitrogens with zero attached hydrogens (tertiary/aromatic N) is 3. The number of rotatable bonds is 4. The van der Waals surface area contributed by atoms with Gasteiger partial charge in [-0.05, 0) is 25.8 Å². The van der Waals surface area contributed by atoms with Crippen LogP contribution in [0.5, 0.6) is 0 Å². The van der Waals surface area contributed by atoms with Crippen LogP contribution in [-0.2, 0) is 0 Å². The fourth-order valence-electron chi connectivity index (χ4n) is 3.34. The van der Waals surface area contributed by atoms with Gasteiger partial charge in [-0.3, -0.25) is 14.9 Å². The molecule has 2 aromatic carbocycles. The molecule has 0 aromatic heterocycles. The number of hydrogen-bond acceptors (Lipinski definition) is 5. The molecule has 6 heteroatoms. The summed E-state index contributed by atoms with van der Waals surface area (Å²) in [7, 11) is 0.